The van der Waals surface area contributed by atoms with Crippen LogP contribution in [0.3, 0.4) is 0 Å². The fourth-order valence-corrected chi connectivity index (χ4v) is 5.15. The standard InChI is InChI=1S/C29H36F2N4O5S/c1-4-20-6-5-7-21(12-20)18-32-19-27(36)26(15-22-13-24(30)17-25(31)14-22)34-29(37)23-8-9-33-28(16-23)35(10-11-40-2)41(3,38)39/h5-9,12-14,16-17,26-27,32,36H,4,10-11,15,18-19H2,1-3H3,(H,34,37). The minimum absolute atomic E-state index is 0.00723. The van der Waals surface area contributed by atoms with Gasteiger partial charge in [-0.25, -0.2) is 22.2 Å². The predicted octanol–water partition coefficient (Wildman–Crippen LogP) is 2.83. The number of amides is 1. The van der Waals surface area contributed by atoms with Crippen molar-refractivity contribution in [3.8, 4) is 0 Å². The van der Waals surface area contributed by atoms with Gasteiger partial charge in [-0.2, -0.15) is 0 Å². The van der Waals surface area contributed by atoms with Crippen molar-refractivity contribution < 1.29 is 31.8 Å². The van der Waals surface area contributed by atoms with E-state index in [1.807, 2.05) is 18.2 Å². The van der Waals surface area contributed by atoms with Crippen LogP contribution in [0.5, 0.6) is 0 Å². The van der Waals surface area contributed by atoms with Crippen LogP contribution in [0.1, 0.15) is 34.0 Å². The maximum Gasteiger partial charge on any atom is 0.251 e. The van der Waals surface area contributed by atoms with Gasteiger partial charge in [0, 0.05) is 38.0 Å². The fourth-order valence-electron chi connectivity index (χ4n) is 4.30. The van der Waals surface area contributed by atoms with E-state index in [1.165, 1.54) is 31.0 Å². The third-order valence-corrected chi connectivity index (χ3v) is 7.57. The van der Waals surface area contributed by atoms with Crippen LogP contribution < -0.4 is 14.9 Å². The van der Waals surface area contributed by atoms with Crippen molar-refractivity contribution in [3.05, 3.63) is 94.7 Å². The van der Waals surface area contributed by atoms with E-state index in [-0.39, 0.29) is 43.1 Å². The first kappa shape index (κ1) is 32.1. The van der Waals surface area contributed by atoms with Gasteiger partial charge in [0.15, 0.2) is 0 Å². The topological polar surface area (TPSA) is 121 Å². The SMILES string of the molecule is CCc1cccc(CNCC(O)C(Cc2cc(F)cc(F)c2)NC(=O)c2ccnc(N(CCOC)S(C)(=O)=O)c2)c1. The molecule has 1 aromatic heterocycles. The highest BCUT2D eigenvalue weighted by atomic mass is 32.2. The molecule has 2 atom stereocenters. The minimum Gasteiger partial charge on any atom is -0.390 e. The smallest absolute Gasteiger partial charge is 0.251 e. The summed E-state index contributed by atoms with van der Waals surface area (Å²) in [6.45, 7) is 2.71. The van der Waals surface area contributed by atoms with Crippen molar-refractivity contribution in [3.63, 3.8) is 0 Å². The molecule has 0 spiro atoms. The highest BCUT2D eigenvalue weighted by Gasteiger charge is 2.25. The summed E-state index contributed by atoms with van der Waals surface area (Å²) < 4.78 is 58.4. The Morgan fingerprint density at radius 2 is 1.78 bits per heavy atom. The molecular formula is C29H36F2N4O5S. The molecule has 12 heteroatoms. The molecule has 2 unspecified atom stereocenters. The van der Waals surface area contributed by atoms with Crippen LogP contribution in [0.25, 0.3) is 0 Å². The number of aliphatic hydroxyl groups is 1. The Kier molecular flexibility index (Phi) is 11.7. The second-order valence-electron chi connectivity index (χ2n) is 9.66. The molecule has 0 saturated heterocycles. The number of nitrogens with zero attached hydrogens (tertiary/aromatic N) is 2. The van der Waals surface area contributed by atoms with Crippen LogP contribution in [-0.2, 0) is 34.1 Å². The van der Waals surface area contributed by atoms with Crippen LogP contribution in [0.4, 0.5) is 14.6 Å². The van der Waals surface area contributed by atoms with E-state index >= 15 is 0 Å². The molecule has 1 heterocycles. The monoisotopic (exact) mass is 590 g/mol. The lowest BCUT2D eigenvalue weighted by Crippen LogP contribution is -2.48. The van der Waals surface area contributed by atoms with Crippen LogP contribution in [-0.4, -0.2) is 69.6 Å². The molecule has 0 aliphatic carbocycles. The molecule has 0 radical (unpaired) electrons. The Balaban J connectivity index is 1.79. The maximum absolute atomic E-state index is 13.9. The summed E-state index contributed by atoms with van der Waals surface area (Å²) in [5.74, 6) is -2.14. The number of anilines is 1. The van der Waals surface area contributed by atoms with Gasteiger partial charge in [-0.3, -0.25) is 9.10 Å². The van der Waals surface area contributed by atoms with Crippen molar-refractivity contribution in [1.29, 1.82) is 0 Å². The number of carbonyl (C=O) groups excluding carboxylic acids is 1. The first-order chi connectivity index (χ1) is 19.5. The van der Waals surface area contributed by atoms with Crippen molar-refractivity contribution in [1.82, 2.24) is 15.6 Å². The Hall–Kier alpha value is -3.45. The van der Waals surface area contributed by atoms with Crippen LogP contribution in [0.2, 0.25) is 0 Å². The Morgan fingerprint density at radius 1 is 1.07 bits per heavy atom. The number of methoxy groups -OCH3 is 1. The van der Waals surface area contributed by atoms with Crippen LogP contribution in [0.15, 0.2) is 60.8 Å². The lowest BCUT2D eigenvalue weighted by atomic mass is 10.00. The summed E-state index contributed by atoms with van der Waals surface area (Å²) in [7, 11) is -2.28. The van der Waals surface area contributed by atoms with E-state index in [0.717, 1.165) is 40.7 Å². The third-order valence-electron chi connectivity index (χ3n) is 6.40. The zero-order chi connectivity index (χ0) is 30.0. The largest absolute Gasteiger partial charge is 0.390 e. The summed E-state index contributed by atoms with van der Waals surface area (Å²) >= 11 is 0. The molecular weight excluding hydrogens is 554 g/mol. The van der Waals surface area contributed by atoms with Crippen molar-refractivity contribution in [2.75, 3.05) is 37.4 Å². The van der Waals surface area contributed by atoms with Gasteiger partial charge in [-0.15, -0.1) is 0 Å². The first-order valence-corrected chi connectivity index (χ1v) is 15.0. The van der Waals surface area contributed by atoms with E-state index in [4.69, 9.17) is 4.74 Å². The van der Waals surface area contributed by atoms with Gasteiger partial charge in [0.25, 0.3) is 5.91 Å². The number of aromatic nitrogens is 1. The average molecular weight is 591 g/mol. The minimum atomic E-state index is -3.72. The number of halogens is 2. The van der Waals surface area contributed by atoms with Crippen molar-refractivity contribution in [2.45, 2.75) is 38.5 Å². The van der Waals surface area contributed by atoms with Gasteiger partial charge in [0.1, 0.15) is 17.5 Å². The van der Waals surface area contributed by atoms with Gasteiger partial charge in [0.05, 0.1) is 31.6 Å². The molecule has 0 aliphatic heterocycles. The molecule has 0 saturated carbocycles. The van der Waals surface area contributed by atoms with Crippen molar-refractivity contribution in [2.24, 2.45) is 0 Å². The zero-order valence-electron chi connectivity index (χ0n) is 23.3. The van der Waals surface area contributed by atoms with E-state index < -0.39 is 39.7 Å². The molecule has 2 aromatic carbocycles. The third kappa shape index (κ3) is 9.85. The fraction of sp³-hybridized carbons (Fsp3) is 0.379. The Bertz CT molecular complexity index is 1400. The number of nitrogens with one attached hydrogen (secondary N) is 2. The molecule has 3 rings (SSSR count). The molecule has 0 bridgehead atoms. The summed E-state index contributed by atoms with van der Waals surface area (Å²) in [5, 5.41) is 17.0. The zero-order valence-corrected chi connectivity index (χ0v) is 24.1. The number of ether oxygens (including phenoxy) is 1. The second kappa shape index (κ2) is 15.0. The summed E-state index contributed by atoms with van der Waals surface area (Å²) in [6.07, 6.45) is 2.02. The van der Waals surface area contributed by atoms with Gasteiger partial charge in [0.2, 0.25) is 10.0 Å². The lowest BCUT2D eigenvalue weighted by molar-refractivity contribution is 0.0829. The highest BCUT2D eigenvalue weighted by Crippen LogP contribution is 2.17. The predicted molar refractivity (Wildman–Crippen MR) is 153 cm³/mol. The van der Waals surface area contributed by atoms with E-state index in [1.54, 1.807) is 0 Å². The molecule has 0 fully saturated rings. The lowest BCUT2D eigenvalue weighted by Gasteiger charge is -2.25. The number of benzene rings is 2. The highest BCUT2D eigenvalue weighted by molar-refractivity contribution is 7.92. The van der Waals surface area contributed by atoms with Gasteiger partial charge >= 0.3 is 0 Å². The second-order valence-corrected chi connectivity index (χ2v) is 11.6. The molecule has 1 amide bonds. The molecule has 3 N–H and O–H groups in total. The van der Waals surface area contributed by atoms with E-state index in [0.29, 0.717) is 6.54 Å². The first-order valence-electron chi connectivity index (χ1n) is 13.1. The number of rotatable bonds is 15. The van der Waals surface area contributed by atoms with E-state index in [9.17, 15) is 27.1 Å². The van der Waals surface area contributed by atoms with Crippen LogP contribution in [0, 0.1) is 11.6 Å². The Morgan fingerprint density at radius 3 is 2.44 bits per heavy atom. The molecule has 9 nitrogen and oxygen atoms in total. The molecule has 0 aliphatic rings. The number of hydrogen-bond donors (Lipinski definition) is 3. The summed E-state index contributed by atoms with van der Waals surface area (Å²) in [6, 6.07) is 12.8. The normalized spacial score (nSPS) is 13.0. The maximum atomic E-state index is 13.9. The number of carbonyl (C=O) groups is 1. The van der Waals surface area contributed by atoms with Gasteiger partial charge in [-0.05, 0) is 53.8 Å². The number of sulfonamides is 1. The number of aliphatic hydroxyl groups excluding tert-OH is 1. The van der Waals surface area contributed by atoms with Gasteiger partial charge in [-0.1, -0.05) is 31.2 Å². The summed E-state index contributed by atoms with van der Waals surface area (Å²) in [5.41, 5.74) is 2.54. The van der Waals surface area contributed by atoms with Crippen LogP contribution >= 0.6 is 0 Å². The average Bonchev–Trinajstić information content (AvgIpc) is 2.92. The van der Waals surface area contributed by atoms with Crippen molar-refractivity contribution >= 4 is 21.7 Å². The van der Waals surface area contributed by atoms with Gasteiger partial charge < -0.3 is 20.5 Å². The molecule has 41 heavy (non-hydrogen) atoms. The quantitative estimate of drug-likeness (QED) is 0.249. The Labute approximate surface area is 239 Å². The molecule has 222 valence electrons. The molecule has 3 aromatic rings. The number of hydrogen-bond acceptors (Lipinski definition) is 7. The summed E-state index contributed by atoms with van der Waals surface area (Å²) in [4.78, 5) is 17.4. The number of aryl methyl sites for hydroxylation is 1. The van der Waals surface area contributed by atoms with E-state index in [2.05, 4.69) is 28.6 Å². The number of pyridine rings is 1.